The van der Waals surface area contributed by atoms with Gasteiger partial charge in [0.05, 0.1) is 6.20 Å². The Balaban J connectivity index is 1.88. The van der Waals surface area contributed by atoms with Crippen LogP contribution in [0.2, 0.25) is 0 Å². The first-order chi connectivity index (χ1) is 7.60. The SMILES string of the molecule is Cn1cc(CCC(=O)C2(O)CCCC2)cn1. The normalized spacial score (nSPS) is 18.9. The van der Waals surface area contributed by atoms with E-state index >= 15 is 0 Å². The Morgan fingerprint density at radius 1 is 1.56 bits per heavy atom. The van der Waals surface area contributed by atoms with E-state index in [-0.39, 0.29) is 5.78 Å². The molecule has 0 radical (unpaired) electrons. The number of carbonyl (C=O) groups excluding carboxylic acids is 1. The van der Waals surface area contributed by atoms with Crippen molar-refractivity contribution in [3.05, 3.63) is 18.0 Å². The maximum absolute atomic E-state index is 11.9. The summed E-state index contributed by atoms with van der Waals surface area (Å²) in [6, 6.07) is 0. The summed E-state index contributed by atoms with van der Waals surface area (Å²) in [6.45, 7) is 0. The molecular formula is C12H18N2O2. The van der Waals surface area contributed by atoms with Crippen LogP contribution in [-0.2, 0) is 18.3 Å². The van der Waals surface area contributed by atoms with Crippen LogP contribution < -0.4 is 0 Å². The van der Waals surface area contributed by atoms with Crippen LogP contribution in [0.15, 0.2) is 12.4 Å². The van der Waals surface area contributed by atoms with E-state index in [1.54, 1.807) is 10.9 Å². The van der Waals surface area contributed by atoms with Crippen LogP contribution in [0.3, 0.4) is 0 Å². The van der Waals surface area contributed by atoms with Gasteiger partial charge in [0.1, 0.15) is 5.60 Å². The molecule has 0 aromatic carbocycles. The molecule has 1 aromatic rings. The van der Waals surface area contributed by atoms with Gasteiger partial charge in [-0.05, 0) is 37.7 Å². The van der Waals surface area contributed by atoms with Crippen LogP contribution in [0.25, 0.3) is 0 Å². The molecule has 2 rings (SSSR count). The Hall–Kier alpha value is -1.16. The van der Waals surface area contributed by atoms with Gasteiger partial charge >= 0.3 is 0 Å². The number of Topliss-reactive ketones (excluding diaryl/α,β-unsaturated/α-hetero) is 1. The van der Waals surface area contributed by atoms with Gasteiger partial charge < -0.3 is 5.11 Å². The minimum atomic E-state index is -1.03. The predicted octanol–water partition coefficient (Wildman–Crippen LogP) is 1.23. The van der Waals surface area contributed by atoms with E-state index in [0.717, 1.165) is 18.4 Å². The molecule has 4 heteroatoms. The number of nitrogens with zero attached hydrogens (tertiary/aromatic N) is 2. The molecule has 0 aliphatic heterocycles. The van der Waals surface area contributed by atoms with E-state index in [1.165, 1.54) is 0 Å². The Labute approximate surface area is 95.3 Å². The van der Waals surface area contributed by atoms with Crippen molar-refractivity contribution in [3.63, 3.8) is 0 Å². The summed E-state index contributed by atoms with van der Waals surface area (Å²) in [5.41, 5.74) is 0.0276. The van der Waals surface area contributed by atoms with Crippen LogP contribution in [0, 0.1) is 0 Å². The zero-order valence-corrected chi connectivity index (χ0v) is 9.65. The fourth-order valence-electron chi connectivity index (χ4n) is 2.33. The fraction of sp³-hybridized carbons (Fsp3) is 0.667. The van der Waals surface area contributed by atoms with Gasteiger partial charge in [0.25, 0.3) is 0 Å². The highest BCUT2D eigenvalue weighted by Gasteiger charge is 2.37. The second-order valence-electron chi connectivity index (χ2n) is 4.68. The number of hydrogen-bond acceptors (Lipinski definition) is 3. The number of aryl methyl sites for hydroxylation is 2. The zero-order chi connectivity index (χ0) is 11.6. The van der Waals surface area contributed by atoms with E-state index in [1.807, 2.05) is 13.2 Å². The fourth-order valence-corrected chi connectivity index (χ4v) is 2.33. The van der Waals surface area contributed by atoms with Gasteiger partial charge in [0, 0.05) is 19.7 Å². The molecule has 4 nitrogen and oxygen atoms in total. The topological polar surface area (TPSA) is 55.1 Å². The van der Waals surface area contributed by atoms with Gasteiger partial charge in [-0.3, -0.25) is 9.48 Å². The minimum Gasteiger partial charge on any atom is -0.382 e. The molecule has 1 N–H and O–H groups in total. The van der Waals surface area contributed by atoms with E-state index in [9.17, 15) is 9.90 Å². The second kappa shape index (κ2) is 4.37. The van der Waals surface area contributed by atoms with E-state index in [0.29, 0.717) is 25.7 Å². The van der Waals surface area contributed by atoms with Crippen LogP contribution in [0.5, 0.6) is 0 Å². The number of ketones is 1. The molecule has 0 spiro atoms. The van der Waals surface area contributed by atoms with E-state index in [2.05, 4.69) is 5.10 Å². The summed E-state index contributed by atoms with van der Waals surface area (Å²) in [7, 11) is 1.86. The second-order valence-corrected chi connectivity index (χ2v) is 4.68. The van der Waals surface area contributed by atoms with Crippen molar-refractivity contribution in [2.24, 2.45) is 7.05 Å². The first kappa shape index (κ1) is 11.3. The van der Waals surface area contributed by atoms with Crippen molar-refractivity contribution in [2.75, 3.05) is 0 Å². The highest BCUT2D eigenvalue weighted by atomic mass is 16.3. The number of aromatic nitrogens is 2. The van der Waals surface area contributed by atoms with Crippen LogP contribution >= 0.6 is 0 Å². The Morgan fingerprint density at radius 2 is 2.25 bits per heavy atom. The summed E-state index contributed by atoms with van der Waals surface area (Å²) in [5, 5.41) is 14.1. The predicted molar refractivity (Wildman–Crippen MR) is 60.0 cm³/mol. The summed E-state index contributed by atoms with van der Waals surface area (Å²) >= 11 is 0. The van der Waals surface area contributed by atoms with Gasteiger partial charge in [0.2, 0.25) is 0 Å². The first-order valence-corrected chi connectivity index (χ1v) is 5.83. The third-order valence-electron chi connectivity index (χ3n) is 3.35. The van der Waals surface area contributed by atoms with Crippen molar-refractivity contribution in [1.82, 2.24) is 9.78 Å². The molecule has 0 amide bonds. The van der Waals surface area contributed by atoms with Crippen molar-refractivity contribution in [2.45, 2.75) is 44.1 Å². The van der Waals surface area contributed by atoms with Gasteiger partial charge in [-0.25, -0.2) is 0 Å². The third-order valence-corrected chi connectivity index (χ3v) is 3.35. The Morgan fingerprint density at radius 3 is 2.81 bits per heavy atom. The number of rotatable bonds is 4. The molecule has 16 heavy (non-hydrogen) atoms. The summed E-state index contributed by atoms with van der Waals surface area (Å²) in [6.07, 6.45) is 7.98. The van der Waals surface area contributed by atoms with Crippen molar-refractivity contribution < 1.29 is 9.90 Å². The molecule has 1 aliphatic carbocycles. The lowest BCUT2D eigenvalue weighted by atomic mass is 9.93. The lowest BCUT2D eigenvalue weighted by molar-refractivity contribution is -0.136. The number of hydrogen-bond donors (Lipinski definition) is 1. The Kier molecular flexibility index (Phi) is 3.10. The molecule has 1 aromatic heterocycles. The molecule has 1 saturated carbocycles. The maximum atomic E-state index is 11.9. The van der Waals surface area contributed by atoms with Crippen LogP contribution in [0.1, 0.15) is 37.7 Å². The van der Waals surface area contributed by atoms with Crippen LogP contribution in [0.4, 0.5) is 0 Å². The summed E-state index contributed by atoms with van der Waals surface area (Å²) in [4.78, 5) is 11.9. The number of aliphatic hydroxyl groups is 1. The molecule has 1 fully saturated rings. The molecule has 1 heterocycles. The smallest absolute Gasteiger partial charge is 0.164 e. The zero-order valence-electron chi connectivity index (χ0n) is 9.65. The molecule has 0 bridgehead atoms. The lowest BCUT2D eigenvalue weighted by Crippen LogP contribution is -2.35. The van der Waals surface area contributed by atoms with Gasteiger partial charge in [-0.2, -0.15) is 5.10 Å². The van der Waals surface area contributed by atoms with Crippen molar-refractivity contribution in [1.29, 1.82) is 0 Å². The highest BCUT2D eigenvalue weighted by molar-refractivity contribution is 5.87. The lowest BCUT2D eigenvalue weighted by Gasteiger charge is -2.19. The quantitative estimate of drug-likeness (QED) is 0.833. The molecule has 1 aliphatic rings. The average Bonchev–Trinajstić information content (AvgIpc) is 2.85. The maximum Gasteiger partial charge on any atom is 0.164 e. The van der Waals surface area contributed by atoms with Crippen molar-refractivity contribution >= 4 is 5.78 Å². The molecule has 0 saturated heterocycles. The van der Waals surface area contributed by atoms with Gasteiger partial charge in [-0.1, -0.05) is 0 Å². The third kappa shape index (κ3) is 2.32. The minimum absolute atomic E-state index is 0.00569. The summed E-state index contributed by atoms with van der Waals surface area (Å²) in [5.74, 6) is -0.00569. The molecular weight excluding hydrogens is 204 g/mol. The Bertz CT molecular complexity index is 378. The largest absolute Gasteiger partial charge is 0.382 e. The molecule has 0 unspecified atom stereocenters. The monoisotopic (exact) mass is 222 g/mol. The van der Waals surface area contributed by atoms with Gasteiger partial charge in [0.15, 0.2) is 5.78 Å². The highest BCUT2D eigenvalue weighted by Crippen LogP contribution is 2.31. The first-order valence-electron chi connectivity index (χ1n) is 5.83. The standard InChI is InChI=1S/C12H18N2O2/c1-14-9-10(8-13-14)4-5-11(15)12(16)6-2-3-7-12/h8-9,16H,2-7H2,1H3. The van der Waals surface area contributed by atoms with Crippen LogP contribution in [-0.4, -0.2) is 26.3 Å². The van der Waals surface area contributed by atoms with Gasteiger partial charge in [-0.15, -0.1) is 0 Å². The summed E-state index contributed by atoms with van der Waals surface area (Å²) < 4.78 is 1.73. The van der Waals surface area contributed by atoms with E-state index < -0.39 is 5.60 Å². The van der Waals surface area contributed by atoms with Crippen molar-refractivity contribution in [3.8, 4) is 0 Å². The molecule has 0 atom stereocenters. The number of carbonyl (C=O) groups is 1. The average molecular weight is 222 g/mol. The molecule has 88 valence electrons. The van der Waals surface area contributed by atoms with E-state index in [4.69, 9.17) is 0 Å².